The number of carbonyl (C=O) groups is 1. The third kappa shape index (κ3) is 3.00. The molecule has 1 atom stereocenters. The first-order chi connectivity index (χ1) is 12.2. The lowest BCUT2D eigenvalue weighted by Crippen LogP contribution is -2.51. The zero-order valence-electron chi connectivity index (χ0n) is 14.2. The number of fused-ring (bicyclic) bond motifs is 1. The van der Waals surface area contributed by atoms with E-state index in [1.807, 2.05) is 59.1 Å². The van der Waals surface area contributed by atoms with Gasteiger partial charge in [0.25, 0.3) is 0 Å². The SMILES string of the molecule is CN(Cc1cnc2cnccn12)C1CCCN(c2ccccc2)C1=O. The first-order valence-electron chi connectivity index (χ1n) is 8.56. The van der Waals surface area contributed by atoms with Crippen molar-refractivity contribution in [2.75, 3.05) is 18.5 Å². The molecule has 6 heteroatoms. The molecule has 1 aliphatic heterocycles. The fourth-order valence-corrected chi connectivity index (χ4v) is 3.51. The average Bonchev–Trinajstić information content (AvgIpc) is 3.05. The Balaban J connectivity index is 1.53. The highest BCUT2D eigenvalue weighted by molar-refractivity contribution is 5.97. The van der Waals surface area contributed by atoms with Crippen LogP contribution >= 0.6 is 0 Å². The molecule has 0 radical (unpaired) electrons. The Bertz CT molecular complexity index is 876. The van der Waals surface area contributed by atoms with Gasteiger partial charge < -0.3 is 4.90 Å². The van der Waals surface area contributed by atoms with E-state index in [4.69, 9.17) is 0 Å². The van der Waals surface area contributed by atoms with Crippen molar-refractivity contribution in [1.29, 1.82) is 0 Å². The van der Waals surface area contributed by atoms with Gasteiger partial charge in [0, 0.05) is 31.2 Å². The molecule has 25 heavy (non-hydrogen) atoms. The Labute approximate surface area is 146 Å². The second-order valence-electron chi connectivity index (χ2n) is 6.45. The van der Waals surface area contributed by atoms with Crippen molar-refractivity contribution in [1.82, 2.24) is 19.3 Å². The zero-order chi connectivity index (χ0) is 17.2. The summed E-state index contributed by atoms with van der Waals surface area (Å²) in [5, 5.41) is 0. The Morgan fingerprint density at radius 1 is 1.24 bits per heavy atom. The minimum atomic E-state index is -0.110. The molecular formula is C19H21N5O. The average molecular weight is 335 g/mol. The lowest BCUT2D eigenvalue weighted by atomic mass is 10.0. The van der Waals surface area contributed by atoms with Crippen LogP contribution in [0.2, 0.25) is 0 Å². The van der Waals surface area contributed by atoms with Gasteiger partial charge in [0.2, 0.25) is 5.91 Å². The predicted molar refractivity (Wildman–Crippen MR) is 96.3 cm³/mol. The quantitative estimate of drug-likeness (QED) is 0.734. The van der Waals surface area contributed by atoms with E-state index in [-0.39, 0.29) is 11.9 Å². The van der Waals surface area contributed by atoms with Crippen molar-refractivity contribution in [3.05, 3.63) is 60.8 Å². The van der Waals surface area contributed by atoms with Crippen LogP contribution < -0.4 is 4.90 Å². The number of amides is 1. The second-order valence-corrected chi connectivity index (χ2v) is 6.45. The summed E-state index contributed by atoms with van der Waals surface area (Å²) in [7, 11) is 2.01. The lowest BCUT2D eigenvalue weighted by Gasteiger charge is -2.36. The Morgan fingerprint density at radius 3 is 2.92 bits per heavy atom. The number of anilines is 1. The number of rotatable bonds is 4. The Kier molecular flexibility index (Phi) is 4.19. The molecule has 6 nitrogen and oxygen atoms in total. The van der Waals surface area contributed by atoms with E-state index in [0.29, 0.717) is 6.54 Å². The van der Waals surface area contributed by atoms with E-state index in [2.05, 4.69) is 14.9 Å². The maximum Gasteiger partial charge on any atom is 0.244 e. The molecule has 128 valence electrons. The number of nitrogens with zero attached hydrogens (tertiary/aromatic N) is 5. The van der Waals surface area contributed by atoms with Gasteiger partial charge >= 0.3 is 0 Å². The van der Waals surface area contributed by atoms with Gasteiger partial charge in [-0.2, -0.15) is 0 Å². The highest BCUT2D eigenvalue weighted by atomic mass is 16.2. The monoisotopic (exact) mass is 335 g/mol. The number of imidazole rings is 1. The number of benzene rings is 1. The molecule has 0 aliphatic carbocycles. The van der Waals surface area contributed by atoms with Gasteiger partial charge in [-0.15, -0.1) is 0 Å². The van der Waals surface area contributed by atoms with Crippen molar-refractivity contribution in [3.8, 4) is 0 Å². The maximum absolute atomic E-state index is 13.0. The summed E-state index contributed by atoms with van der Waals surface area (Å²) in [5.41, 5.74) is 2.86. The van der Waals surface area contributed by atoms with Crippen LogP contribution in [0.25, 0.3) is 5.65 Å². The Hall–Kier alpha value is -2.73. The van der Waals surface area contributed by atoms with Crippen molar-refractivity contribution in [2.45, 2.75) is 25.4 Å². The molecule has 1 unspecified atom stereocenters. The summed E-state index contributed by atoms with van der Waals surface area (Å²) in [5.74, 6) is 0.176. The summed E-state index contributed by atoms with van der Waals surface area (Å²) >= 11 is 0. The number of aromatic nitrogens is 3. The van der Waals surface area contributed by atoms with Crippen LogP contribution in [0.15, 0.2) is 55.1 Å². The van der Waals surface area contributed by atoms with Gasteiger partial charge in [0.15, 0.2) is 5.65 Å². The smallest absolute Gasteiger partial charge is 0.244 e. The first-order valence-corrected chi connectivity index (χ1v) is 8.56. The molecule has 1 amide bonds. The van der Waals surface area contributed by atoms with E-state index >= 15 is 0 Å². The number of likely N-dealkylation sites (N-methyl/N-ethyl adjacent to an activating group) is 1. The first kappa shape index (κ1) is 15.8. The van der Waals surface area contributed by atoms with Crippen molar-refractivity contribution in [3.63, 3.8) is 0 Å². The van der Waals surface area contributed by atoms with Crippen molar-refractivity contribution in [2.24, 2.45) is 0 Å². The fourth-order valence-electron chi connectivity index (χ4n) is 3.51. The van der Waals surface area contributed by atoms with Crippen LogP contribution in [0.1, 0.15) is 18.5 Å². The zero-order valence-corrected chi connectivity index (χ0v) is 14.2. The number of para-hydroxylation sites is 1. The van der Waals surface area contributed by atoms with Crippen molar-refractivity contribution < 1.29 is 4.79 Å². The fraction of sp³-hybridized carbons (Fsp3) is 0.316. The third-order valence-corrected chi connectivity index (χ3v) is 4.82. The van der Waals surface area contributed by atoms with Gasteiger partial charge in [-0.1, -0.05) is 18.2 Å². The molecule has 1 fully saturated rings. The summed E-state index contributed by atoms with van der Waals surface area (Å²) in [4.78, 5) is 25.5. The standard InChI is InChI=1S/C19H21N5O/c1-22(14-16-12-21-18-13-20-9-11-23(16)18)17-8-5-10-24(19(17)25)15-6-3-2-4-7-15/h2-4,6-7,9,11-13,17H,5,8,10,14H2,1H3. The molecule has 3 aromatic rings. The third-order valence-electron chi connectivity index (χ3n) is 4.82. The number of piperidine rings is 1. The number of carbonyl (C=O) groups excluding carboxylic acids is 1. The molecule has 3 heterocycles. The van der Waals surface area contributed by atoms with Crippen molar-refractivity contribution >= 4 is 17.2 Å². The van der Waals surface area contributed by atoms with Gasteiger partial charge in [-0.05, 0) is 32.0 Å². The van der Waals surface area contributed by atoms with Crippen LogP contribution in [0.5, 0.6) is 0 Å². The highest BCUT2D eigenvalue weighted by Gasteiger charge is 2.32. The van der Waals surface area contributed by atoms with Gasteiger partial charge in [-0.3, -0.25) is 19.1 Å². The van der Waals surface area contributed by atoms with E-state index in [0.717, 1.165) is 36.4 Å². The molecule has 4 rings (SSSR count). The van der Waals surface area contributed by atoms with Gasteiger partial charge in [0.1, 0.15) is 0 Å². The van der Waals surface area contributed by atoms with E-state index < -0.39 is 0 Å². The summed E-state index contributed by atoms with van der Waals surface area (Å²) in [6.07, 6.45) is 9.15. The number of hydrogen-bond donors (Lipinski definition) is 0. The van der Waals surface area contributed by atoms with Gasteiger partial charge in [-0.25, -0.2) is 4.98 Å². The largest absolute Gasteiger partial charge is 0.311 e. The van der Waals surface area contributed by atoms with Gasteiger partial charge in [0.05, 0.1) is 24.1 Å². The molecule has 0 bridgehead atoms. The topological polar surface area (TPSA) is 53.7 Å². The highest BCUT2D eigenvalue weighted by Crippen LogP contribution is 2.24. The predicted octanol–water partition coefficient (Wildman–Crippen LogP) is 2.36. The summed E-state index contributed by atoms with van der Waals surface area (Å²) in [6, 6.07) is 9.81. The molecule has 0 spiro atoms. The molecule has 1 aromatic carbocycles. The minimum Gasteiger partial charge on any atom is -0.311 e. The summed E-state index contributed by atoms with van der Waals surface area (Å²) < 4.78 is 2.02. The molecule has 0 saturated carbocycles. The van der Waals surface area contributed by atoms with E-state index in [1.165, 1.54) is 0 Å². The molecule has 1 aliphatic rings. The second kappa shape index (κ2) is 6.64. The van der Waals surface area contributed by atoms with Crippen LogP contribution in [0.3, 0.4) is 0 Å². The van der Waals surface area contributed by atoms with Crippen LogP contribution in [0, 0.1) is 0 Å². The maximum atomic E-state index is 13.0. The lowest BCUT2D eigenvalue weighted by molar-refractivity contribution is -0.125. The molecule has 0 N–H and O–H groups in total. The molecule has 2 aromatic heterocycles. The molecule has 1 saturated heterocycles. The van der Waals surface area contributed by atoms with Crippen LogP contribution in [-0.4, -0.2) is 44.8 Å². The van der Waals surface area contributed by atoms with Crippen LogP contribution in [0.4, 0.5) is 5.69 Å². The summed E-state index contributed by atoms with van der Waals surface area (Å²) in [6.45, 7) is 1.46. The Morgan fingerprint density at radius 2 is 2.08 bits per heavy atom. The normalized spacial score (nSPS) is 18.2. The minimum absolute atomic E-state index is 0.110. The van der Waals surface area contributed by atoms with E-state index in [9.17, 15) is 4.79 Å². The molecular weight excluding hydrogens is 314 g/mol. The van der Waals surface area contributed by atoms with Crippen LogP contribution in [-0.2, 0) is 11.3 Å². The number of hydrogen-bond acceptors (Lipinski definition) is 4. The van der Waals surface area contributed by atoms with E-state index in [1.54, 1.807) is 12.4 Å².